The average Bonchev–Trinajstić information content (AvgIpc) is 2.66. The van der Waals surface area contributed by atoms with Gasteiger partial charge in [-0.15, -0.1) is 11.8 Å². The Bertz CT molecular complexity index is 348. The van der Waals surface area contributed by atoms with Gasteiger partial charge in [0.25, 0.3) is 0 Å². The molecule has 0 radical (unpaired) electrons. The fourth-order valence-electron chi connectivity index (χ4n) is 1.67. The zero-order chi connectivity index (χ0) is 11.4. The van der Waals surface area contributed by atoms with Crippen molar-refractivity contribution >= 4 is 17.7 Å². The second-order valence-electron chi connectivity index (χ2n) is 3.77. The first kappa shape index (κ1) is 11.7. The van der Waals surface area contributed by atoms with Gasteiger partial charge in [-0.2, -0.15) is 0 Å². The van der Waals surface area contributed by atoms with Gasteiger partial charge in [0.2, 0.25) is 5.95 Å². The van der Waals surface area contributed by atoms with Crippen molar-refractivity contribution in [3.63, 3.8) is 0 Å². The molecule has 2 unspecified atom stereocenters. The number of thioether (sulfide) groups is 1. The van der Waals surface area contributed by atoms with Crippen LogP contribution in [0.25, 0.3) is 0 Å². The summed E-state index contributed by atoms with van der Waals surface area (Å²) in [5.41, 5.74) is 0. The summed E-state index contributed by atoms with van der Waals surface area (Å²) in [6.07, 6.45) is 3.22. The number of hydrogen-bond acceptors (Lipinski definition) is 5. The summed E-state index contributed by atoms with van der Waals surface area (Å²) in [5, 5.41) is 4.66. The van der Waals surface area contributed by atoms with Crippen LogP contribution < -0.4 is 5.32 Å². The van der Waals surface area contributed by atoms with E-state index < -0.39 is 0 Å². The lowest BCUT2D eigenvalue weighted by molar-refractivity contribution is 0.127. The minimum absolute atomic E-state index is 0.322. The smallest absolute Gasteiger partial charge is 0.223 e. The number of anilines is 1. The molecule has 0 aromatic carbocycles. The van der Waals surface area contributed by atoms with Crippen molar-refractivity contribution in [3.8, 4) is 0 Å². The summed E-state index contributed by atoms with van der Waals surface area (Å²) in [7, 11) is 0. The Morgan fingerprint density at radius 1 is 1.62 bits per heavy atom. The summed E-state index contributed by atoms with van der Waals surface area (Å²) in [6, 6.07) is 1.95. The van der Waals surface area contributed by atoms with Crippen molar-refractivity contribution in [1.29, 1.82) is 0 Å². The molecule has 88 valence electrons. The molecule has 1 fully saturated rings. The number of ether oxygens (including phenoxy) is 1. The molecular weight excluding hydrogens is 222 g/mol. The topological polar surface area (TPSA) is 47.0 Å². The second-order valence-corrected chi connectivity index (χ2v) is 5.03. The average molecular weight is 239 g/mol. The van der Waals surface area contributed by atoms with Crippen LogP contribution in [-0.2, 0) is 4.74 Å². The van der Waals surface area contributed by atoms with Crippen LogP contribution >= 0.6 is 11.8 Å². The number of aromatic nitrogens is 2. The van der Waals surface area contributed by atoms with Gasteiger partial charge in [-0.05, 0) is 26.3 Å². The Kier molecular flexibility index (Phi) is 4.01. The molecule has 0 bridgehead atoms. The molecule has 0 saturated carbocycles. The molecule has 2 atom stereocenters. The highest BCUT2D eigenvalue weighted by Gasteiger charge is 2.25. The molecule has 0 amide bonds. The third kappa shape index (κ3) is 2.86. The van der Waals surface area contributed by atoms with Crippen LogP contribution in [0.15, 0.2) is 17.3 Å². The van der Waals surface area contributed by atoms with Crippen molar-refractivity contribution in [2.24, 2.45) is 0 Å². The van der Waals surface area contributed by atoms with Gasteiger partial charge in [-0.25, -0.2) is 9.97 Å². The van der Waals surface area contributed by atoms with Crippen LogP contribution in [0.4, 0.5) is 5.95 Å². The SMILES string of the molecule is CCNc1nccc(SC2CCOC2C)n1. The number of rotatable bonds is 4. The molecule has 1 saturated heterocycles. The van der Waals surface area contributed by atoms with Crippen molar-refractivity contribution < 1.29 is 4.74 Å². The highest BCUT2D eigenvalue weighted by molar-refractivity contribution is 7.99. The summed E-state index contributed by atoms with van der Waals surface area (Å²) in [5.74, 6) is 0.707. The maximum absolute atomic E-state index is 5.54. The monoisotopic (exact) mass is 239 g/mol. The number of nitrogens with one attached hydrogen (secondary N) is 1. The first-order valence-corrected chi connectivity index (χ1v) is 6.52. The van der Waals surface area contributed by atoms with Crippen LogP contribution in [0.5, 0.6) is 0 Å². The molecule has 5 heteroatoms. The molecule has 2 heterocycles. The van der Waals surface area contributed by atoms with Crippen molar-refractivity contribution in [2.45, 2.75) is 36.6 Å². The predicted molar refractivity (Wildman–Crippen MR) is 65.9 cm³/mol. The first-order valence-electron chi connectivity index (χ1n) is 5.64. The predicted octanol–water partition coefficient (Wildman–Crippen LogP) is 2.18. The van der Waals surface area contributed by atoms with E-state index in [1.807, 2.05) is 13.0 Å². The van der Waals surface area contributed by atoms with Crippen molar-refractivity contribution in [2.75, 3.05) is 18.5 Å². The maximum atomic E-state index is 5.54. The highest BCUT2D eigenvalue weighted by Crippen LogP contribution is 2.31. The lowest BCUT2D eigenvalue weighted by Crippen LogP contribution is -2.13. The summed E-state index contributed by atoms with van der Waals surface area (Å²) in [4.78, 5) is 8.60. The highest BCUT2D eigenvalue weighted by atomic mass is 32.2. The minimum atomic E-state index is 0.322. The van der Waals surface area contributed by atoms with E-state index in [0.29, 0.717) is 17.3 Å². The number of nitrogens with zero attached hydrogens (tertiary/aromatic N) is 2. The molecule has 0 spiro atoms. The van der Waals surface area contributed by atoms with Gasteiger partial charge in [0, 0.05) is 24.6 Å². The molecule has 16 heavy (non-hydrogen) atoms. The Labute approximate surface area is 100 Å². The molecule has 4 nitrogen and oxygen atoms in total. The first-order chi connectivity index (χ1) is 7.79. The van der Waals surface area contributed by atoms with Crippen LogP contribution in [0.3, 0.4) is 0 Å². The molecule has 2 rings (SSSR count). The van der Waals surface area contributed by atoms with Gasteiger partial charge >= 0.3 is 0 Å². The van der Waals surface area contributed by atoms with Crippen molar-refractivity contribution in [3.05, 3.63) is 12.3 Å². The number of hydrogen-bond donors (Lipinski definition) is 1. The largest absolute Gasteiger partial charge is 0.377 e. The third-order valence-corrected chi connectivity index (χ3v) is 3.93. The molecule has 0 aliphatic carbocycles. The lowest BCUT2D eigenvalue weighted by atomic mass is 10.3. The van der Waals surface area contributed by atoms with Crippen molar-refractivity contribution in [1.82, 2.24) is 9.97 Å². The van der Waals surface area contributed by atoms with E-state index in [2.05, 4.69) is 22.2 Å². The normalized spacial score (nSPS) is 24.6. The summed E-state index contributed by atoms with van der Waals surface area (Å²) < 4.78 is 5.54. The fraction of sp³-hybridized carbons (Fsp3) is 0.636. The van der Waals surface area contributed by atoms with E-state index in [1.165, 1.54) is 0 Å². The summed E-state index contributed by atoms with van der Waals surface area (Å²) in [6.45, 7) is 5.87. The minimum Gasteiger partial charge on any atom is -0.377 e. The maximum Gasteiger partial charge on any atom is 0.223 e. The van der Waals surface area contributed by atoms with E-state index in [9.17, 15) is 0 Å². The summed E-state index contributed by atoms with van der Waals surface area (Å²) >= 11 is 1.78. The van der Waals surface area contributed by atoms with Crippen LogP contribution in [0.1, 0.15) is 20.3 Å². The molecular formula is C11H17N3OS. The molecule has 1 aliphatic rings. The lowest BCUT2D eigenvalue weighted by Gasteiger charge is -2.12. The molecule has 1 aliphatic heterocycles. The Hall–Kier alpha value is -0.810. The van der Waals surface area contributed by atoms with Crippen LogP contribution in [0, 0.1) is 0 Å². The van der Waals surface area contributed by atoms with Gasteiger partial charge in [0.05, 0.1) is 6.10 Å². The molecule has 1 N–H and O–H groups in total. The molecule has 1 aromatic rings. The zero-order valence-corrected chi connectivity index (χ0v) is 10.5. The van der Waals surface area contributed by atoms with E-state index in [1.54, 1.807) is 18.0 Å². The van der Waals surface area contributed by atoms with E-state index in [-0.39, 0.29) is 0 Å². The van der Waals surface area contributed by atoms with Gasteiger partial charge in [0.15, 0.2) is 0 Å². The molecule has 1 aromatic heterocycles. The van der Waals surface area contributed by atoms with E-state index in [0.717, 1.165) is 24.6 Å². The van der Waals surface area contributed by atoms with Gasteiger partial charge < -0.3 is 10.1 Å². The standard InChI is InChI=1S/C11H17N3OS/c1-3-12-11-13-6-4-10(14-11)16-9-5-7-15-8(9)2/h4,6,8-9H,3,5,7H2,1-2H3,(H,12,13,14). The second kappa shape index (κ2) is 5.50. The Morgan fingerprint density at radius 3 is 3.19 bits per heavy atom. The van der Waals surface area contributed by atoms with Crippen LogP contribution in [-0.4, -0.2) is 34.5 Å². The Balaban J connectivity index is 2.00. The van der Waals surface area contributed by atoms with Gasteiger partial charge in [-0.3, -0.25) is 0 Å². The quantitative estimate of drug-likeness (QED) is 0.816. The van der Waals surface area contributed by atoms with Crippen LogP contribution in [0.2, 0.25) is 0 Å². The van der Waals surface area contributed by atoms with E-state index in [4.69, 9.17) is 4.74 Å². The zero-order valence-electron chi connectivity index (χ0n) is 9.64. The van der Waals surface area contributed by atoms with Gasteiger partial charge in [0.1, 0.15) is 5.03 Å². The van der Waals surface area contributed by atoms with E-state index >= 15 is 0 Å². The fourth-order valence-corrected chi connectivity index (χ4v) is 2.75. The van der Waals surface area contributed by atoms with Gasteiger partial charge in [-0.1, -0.05) is 0 Å². The Morgan fingerprint density at radius 2 is 2.50 bits per heavy atom. The third-order valence-electron chi connectivity index (χ3n) is 2.54.